The van der Waals surface area contributed by atoms with Gasteiger partial charge in [0.15, 0.2) is 0 Å². The van der Waals surface area contributed by atoms with Crippen molar-refractivity contribution in [3.8, 4) is 22.5 Å². The Bertz CT molecular complexity index is 1060. The zero-order valence-electron chi connectivity index (χ0n) is 13.0. The van der Waals surface area contributed by atoms with E-state index in [1.807, 2.05) is 24.4 Å². The first-order valence-electron chi connectivity index (χ1n) is 8.08. The fraction of sp³-hybridized carbons (Fsp3) is 0.158. The summed E-state index contributed by atoms with van der Waals surface area (Å²) in [5.41, 5.74) is 5.43. The molecule has 0 saturated carbocycles. The molecule has 0 unspecified atom stereocenters. The van der Waals surface area contributed by atoms with E-state index in [1.165, 1.54) is 5.69 Å². The number of nitrogens with zero attached hydrogens (tertiary/aromatic N) is 3. The summed E-state index contributed by atoms with van der Waals surface area (Å²) in [6.07, 6.45) is 4.02. The van der Waals surface area contributed by atoms with Crippen LogP contribution in [0.25, 0.3) is 33.4 Å². The molecule has 118 valence electrons. The molecule has 24 heavy (non-hydrogen) atoms. The molecule has 4 aromatic rings. The summed E-state index contributed by atoms with van der Waals surface area (Å²) < 4.78 is 2.34. The zero-order chi connectivity index (χ0) is 16.1. The van der Waals surface area contributed by atoms with Crippen molar-refractivity contribution in [1.82, 2.24) is 19.7 Å². The molecule has 5 rings (SSSR count). The fourth-order valence-corrected chi connectivity index (χ4v) is 3.73. The highest BCUT2D eigenvalue weighted by Gasteiger charge is 2.23. The van der Waals surface area contributed by atoms with Crippen molar-refractivity contribution in [1.29, 1.82) is 0 Å². The first kappa shape index (κ1) is 13.8. The quantitative estimate of drug-likeness (QED) is 0.578. The predicted molar refractivity (Wildman–Crippen MR) is 96.1 cm³/mol. The second kappa shape index (κ2) is 5.21. The third-order valence-corrected chi connectivity index (χ3v) is 4.88. The van der Waals surface area contributed by atoms with Gasteiger partial charge in [0, 0.05) is 34.5 Å². The number of hydrogen-bond donors (Lipinski definition) is 1. The number of nitrogens with one attached hydrogen (secondary N) is 1. The Morgan fingerprint density at radius 1 is 1.08 bits per heavy atom. The van der Waals surface area contributed by atoms with E-state index in [-0.39, 0.29) is 0 Å². The summed E-state index contributed by atoms with van der Waals surface area (Å²) in [4.78, 5) is 4.92. The van der Waals surface area contributed by atoms with Gasteiger partial charge < -0.3 is 4.57 Å². The van der Waals surface area contributed by atoms with E-state index in [4.69, 9.17) is 16.6 Å². The van der Waals surface area contributed by atoms with Crippen molar-refractivity contribution in [2.75, 3.05) is 0 Å². The summed E-state index contributed by atoms with van der Waals surface area (Å²) in [5, 5.41) is 9.03. The van der Waals surface area contributed by atoms with Crippen molar-refractivity contribution >= 4 is 22.5 Å². The molecule has 0 saturated heterocycles. The van der Waals surface area contributed by atoms with Crippen LogP contribution in [0.3, 0.4) is 0 Å². The van der Waals surface area contributed by atoms with Gasteiger partial charge in [-0.2, -0.15) is 5.10 Å². The molecule has 1 aliphatic heterocycles. The van der Waals surface area contributed by atoms with E-state index in [1.54, 1.807) is 0 Å². The molecule has 0 atom stereocenters. The third-order valence-electron chi connectivity index (χ3n) is 4.64. The van der Waals surface area contributed by atoms with Crippen LogP contribution in [0.15, 0.2) is 48.7 Å². The second-order valence-corrected chi connectivity index (χ2v) is 6.60. The van der Waals surface area contributed by atoms with Gasteiger partial charge >= 0.3 is 0 Å². The molecule has 0 radical (unpaired) electrons. The van der Waals surface area contributed by atoms with E-state index in [0.717, 1.165) is 58.0 Å². The van der Waals surface area contributed by atoms with Crippen LogP contribution >= 0.6 is 11.6 Å². The number of fused-ring (bicyclic) bond motifs is 2. The Morgan fingerprint density at radius 2 is 2.04 bits per heavy atom. The molecule has 0 spiro atoms. The lowest BCUT2D eigenvalue weighted by Gasteiger charge is -2.09. The average Bonchev–Trinajstić information content (AvgIpc) is 3.29. The maximum Gasteiger partial charge on any atom is 0.109 e. The number of hydrogen-bond acceptors (Lipinski definition) is 2. The topological polar surface area (TPSA) is 46.5 Å². The van der Waals surface area contributed by atoms with Crippen molar-refractivity contribution < 1.29 is 0 Å². The minimum absolute atomic E-state index is 0.732. The van der Waals surface area contributed by atoms with Gasteiger partial charge in [0.05, 0.1) is 23.1 Å². The first-order chi connectivity index (χ1) is 11.8. The Kier molecular flexibility index (Phi) is 3.00. The predicted octanol–water partition coefficient (Wildman–Crippen LogP) is 4.69. The van der Waals surface area contributed by atoms with Gasteiger partial charge in [-0.25, -0.2) is 4.98 Å². The molecule has 1 aliphatic rings. The third kappa shape index (κ3) is 2.07. The van der Waals surface area contributed by atoms with Gasteiger partial charge in [-0.05, 0) is 24.6 Å². The summed E-state index contributed by atoms with van der Waals surface area (Å²) >= 11 is 6.20. The largest absolute Gasteiger partial charge is 0.327 e. The normalized spacial score (nSPS) is 13.5. The first-order valence-corrected chi connectivity index (χ1v) is 8.46. The molecule has 5 heteroatoms. The maximum absolute atomic E-state index is 6.20. The standard InChI is InChI=1S/C19H15ClN4/c20-15-4-1-3-12(9-15)18-19(24-8-2-5-17(24)22-18)13-6-7-14-11-21-23-16(14)10-13/h1,3-4,6-7,9-11H,2,5,8H2,(H,21,23). The molecule has 0 fully saturated rings. The Hall–Kier alpha value is -2.59. The van der Waals surface area contributed by atoms with E-state index in [0.29, 0.717) is 0 Å². The van der Waals surface area contributed by atoms with E-state index < -0.39 is 0 Å². The van der Waals surface area contributed by atoms with Crippen LogP contribution in [0.4, 0.5) is 0 Å². The number of aromatic amines is 1. The Balaban J connectivity index is 1.77. The van der Waals surface area contributed by atoms with Gasteiger partial charge in [-0.1, -0.05) is 35.9 Å². The van der Waals surface area contributed by atoms with Crippen LogP contribution in [0.2, 0.25) is 5.02 Å². The Labute approximate surface area is 144 Å². The molecule has 2 aromatic carbocycles. The van der Waals surface area contributed by atoms with Gasteiger partial charge in [0.25, 0.3) is 0 Å². The van der Waals surface area contributed by atoms with E-state index in [2.05, 4.69) is 39.0 Å². The summed E-state index contributed by atoms with van der Waals surface area (Å²) in [5.74, 6) is 1.16. The van der Waals surface area contributed by atoms with E-state index >= 15 is 0 Å². The summed E-state index contributed by atoms with van der Waals surface area (Å²) in [6.45, 7) is 1.01. The number of rotatable bonds is 2. The number of benzene rings is 2. The maximum atomic E-state index is 6.20. The van der Waals surface area contributed by atoms with Crippen LogP contribution in [0, 0.1) is 0 Å². The molecule has 2 aromatic heterocycles. The van der Waals surface area contributed by atoms with Gasteiger partial charge in [0.1, 0.15) is 5.82 Å². The number of imidazole rings is 1. The fourth-order valence-electron chi connectivity index (χ4n) is 3.54. The lowest BCUT2D eigenvalue weighted by Crippen LogP contribution is -1.96. The van der Waals surface area contributed by atoms with Crippen molar-refractivity contribution in [2.45, 2.75) is 19.4 Å². The van der Waals surface area contributed by atoms with Crippen LogP contribution < -0.4 is 0 Å². The van der Waals surface area contributed by atoms with Crippen LogP contribution in [-0.4, -0.2) is 19.7 Å². The van der Waals surface area contributed by atoms with Crippen LogP contribution in [0.5, 0.6) is 0 Å². The van der Waals surface area contributed by atoms with Gasteiger partial charge in [-0.3, -0.25) is 5.10 Å². The van der Waals surface area contributed by atoms with Crippen molar-refractivity contribution in [3.63, 3.8) is 0 Å². The average molecular weight is 335 g/mol. The van der Waals surface area contributed by atoms with Crippen molar-refractivity contribution in [2.24, 2.45) is 0 Å². The van der Waals surface area contributed by atoms with Crippen molar-refractivity contribution in [3.05, 3.63) is 59.5 Å². The molecule has 0 amide bonds. The minimum Gasteiger partial charge on any atom is -0.327 e. The summed E-state index contributed by atoms with van der Waals surface area (Å²) in [6, 6.07) is 14.3. The number of aryl methyl sites for hydroxylation is 1. The monoisotopic (exact) mass is 334 g/mol. The van der Waals surface area contributed by atoms with Gasteiger partial charge in [0.2, 0.25) is 0 Å². The molecule has 3 heterocycles. The molecule has 1 N–H and O–H groups in total. The highest BCUT2D eigenvalue weighted by Crippen LogP contribution is 2.37. The molecule has 0 bridgehead atoms. The minimum atomic E-state index is 0.732. The molecular formula is C19H15ClN4. The highest BCUT2D eigenvalue weighted by atomic mass is 35.5. The molecule has 0 aliphatic carbocycles. The summed E-state index contributed by atoms with van der Waals surface area (Å²) in [7, 11) is 0. The Morgan fingerprint density at radius 3 is 2.96 bits per heavy atom. The molecular weight excluding hydrogens is 320 g/mol. The van der Waals surface area contributed by atoms with Crippen LogP contribution in [-0.2, 0) is 13.0 Å². The smallest absolute Gasteiger partial charge is 0.109 e. The lowest BCUT2D eigenvalue weighted by molar-refractivity contribution is 0.756. The number of aromatic nitrogens is 4. The highest BCUT2D eigenvalue weighted by molar-refractivity contribution is 6.30. The number of H-pyrrole nitrogens is 1. The molecule has 4 nitrogen and oxygen atoms in total. The second-order valence-electron chi connectivity index (χ2n) is 6.16. The van der Waals surface area contributed by atoms with Crippen LogP contribution in [0.1, 0.15) is 12.2 Å². The van der Waals surface area contributed by atoms with Gasteiger partial charge in [-0.15, -0.1) is 0 Å². The lowest BCUT2D eigenvalue weighted by atomic mass is 10.0. The van der Waals surface area contributed by atoms with E-state index in [9.17, 15) is 0 Å². The zero-order valence-corrected chi connectivity index (χ0v) is 13.7. The number of halogens is 1. The SMILES string of the molecule is Clc1cccc(-c2nc3n(c2-c2ccc4cn[nH]c4c2)CCC3)c1.